The van der Waals surface area contributed by atoms with E-state index in [1.54, 1.807) is 0 Å². The molecule has 94 valence electrons. The Bertz CT molecular complexity index is 232. The summed E-state index contributed by atoms with van der Waals surface area (Å²) in [5, 5.41) is 0. The molecular formula is C11H21ClN2O2. The minimum absolute atomic E-state index is 0. The van der Waals surface area contributed by atoms with Gasteiger partial charge in [-0.25, -0.2) is 0 Å². The van der Waals surface area contributed by atoms with Crippen molar-refractivity contribution in [1.82, 2.24) is 4.90 Å². The van der Waals surface area contributed by atoms with Crippen molar-refractivity contribution in [2.45, 2.75) is 44.2 Å². The fourth-order valence-corrected chi connectivity index (χ4v) is 2.31. The first-order valence-electron chi connectivity index (χ1n) is 5.90. The van der Waals surface area contributed by atoms with Crippen LogP contribution in [-0.4, -0.2) is 42.6 Å². The fraction of sp³-hybridized carbons (Fsp3) is 0.909. The Labute approximate surface area is 103 Å². The predicted octanol–water partition coefficient (Wildman–Crippen LogP) is 0.927. The van der Waals surface area contributed by atoms with Gasteiger partial charge in [-0.2, -0.15) is 0 Å². The first-order valence-corrected chi connectivity index (χ1v) is 5.90. The molecule has 0 aromatic carbocycles. The molecule has 5 heteroatoms. The van der Waals surface area contributed by atoms with Crippen molar-refractivity contribution in [3.05, 3.63) is 0 Å². The Kier molecular flexibility index (Phi) is 5.52. The van der Waals surface area contributed by atoms with Gasteiger partial charge in [-0.3, -0.25) is 4.79 Å². The first-order chi connectivity index (χ1) is 7.25. The second kappa shape index (κ2) is 6.42. The summed E-state index contributed by atoms with van der Waals surface area (Å²) in [6, 6.07) is 0.182. The van der Waals surface area contributed by atoms with Gasteiger partial charge in [0.05, 0.1) is 12.5 Å². The van der Waals surface area contributed by atoms with E-state index in [9.17, 15) is 4.79 Å². The Balaban J connectivity index is 0.00000128. The van der Waals surface area contributed by atoms with Gasteiger partial charge in [0.1, 0.15) is 0 Å². The largest absolute Gasteiger partial charge is 0.378 e. The third-order valence-corrected chi connectivity index (χ3v) is 3.25. The van der Waals surface area contributed by atoms with Crippen LogP contribution < -0.4 is 5.73 Å². The van der Waals surface area contributed by atoms with Crippen molar-refractivity contribution >= 4 is 18.3 Å². The molecule has 2 aliphatic heterocycles. The molecule has 0 spiro atoms. The van der Waals surface area contributed by atoms with E-state index in [4.69, 9.17) is 10.5 Å². The van der Waals surface area contributed by atoms with Crippen LogP contribution in [0, 0.1) is 0 Å². The van der Waals surface area contributed by atoms with Gasteiger partial charge in [0, 0.05) is 25.7 Å². The van der Waals surface area contributed by atoms with E-state index >= 15 is 0 Å². The molecule has 2 heterocycles. The normalized spacial score (nSPS) is 29.9. The molecule has 0 aliphatic carbocycles. The Morgan fingerprint density at radius 1 is 1.38 bits per heavy atom. The lowest BCUT2D eigenvalue weighted by Crippen LogP contribution is -2.35. The second-order valence-electron chi connectivity index (χ2n) is 4.58. The van der Waals surface area contributed by atoms with Crippen LogP contribution in [-0.2, 0) is 9.53 Å². The average molecular weight is 249 g/mol. The molecule has 0 saturated carbocycles. The maximum absolute atomic E-state index is 11.8. The maximum atomic E-state index is 11.8. The van der Waals surface area contributed by atoms with Gasteiger partial charge in [0.2, 0.25) is 5.91 Å². The van der Waals surface area contributed by atoms with Crippen LogP contribution in [0.1, 0.15) is 32.1 Å². The SMILES string of the molecule is Cl.N[C@@H]1CCN(C(=O)CC2CCCCO2)C1. The summed E-state index contributed by atoms with van der Waals surface area (Å²) in [6.07, 6.45) is 5.01. The van der Waals surface area contributed by atoms with E-state index in [2.05, 4.69) is 0 Å². The van der Waals surface area contributed by atoms with E-state index in [1.165, 1.54) is 6.42 Å². The lowest BCUT2D eigenvalue weighted by Gasteiger charge is -2.24. The van der Waals surface area contributed by atoms with Crippen molar-refractivity contribution in [3.8, 4) is 0 Å². The van der Waals surface area contributed by atoms with Gasteiger partial charge in [-0.15, -0.1) is 12.4 Å². The maximum Gasteiger partial charge on any atom is 0.225 e. The summed E-state index contributed by atoms with van der Waals surface area (Å²) >= 11 is 0. The van der Waals surface area contributed by atoms with Crippen LogP contribution in [0.2, 0.25) is 0 Å². The van der Waals surface area contributed by atoms with Crippen LogP contribution >= 0.6 is 12.4 Å². The zero-order chi connectivity index (χ0) is 10.7. The smallest absolute Gasteiger partial charge is 0.225 e. The van der Waals surface area contributed by atoms with Gasteiger partial charge >= 0.3 is 0 Å². The van der Waals surface area contributed by atoms with Crippen molar-refractivity contribution in [2.75, 3.05) is 19.7 Å². The van der Waals surface area contributed by atoms with Gasteiger partial charge in [-0.1, -0.05) is 0 Å². The van der Waals surface area contributed by atoms with Gasteiger partial charge < -0.3 is 15.4 Å². The lowest BCUT2D eigenvalue weighted by atomic mass is 10.1. The number of likely N-dealkylation sites (tertiary alicyclic amines) is 1. The molecule has 0 bridgehead atoms. The minimum Gasteiger partial charge on any atom is -0.378 e. The highest BCUT2D eigenvalue weighted by Crippen LogP contribution is 2.18. The van der Waals surface area contributed by atoms with Gasteiger partial charge in [-0.05, 0) is 25.7 Å². The summed E-state index contributed by atoms with van der Waals surface area (Å²) in [6.45, 7) is 2.37. The highest BCUT2D eigenvalue weighted by molar-refractivity contribution is 5.85. The van der Waals surface area contributed by atoms with Crippen molar-refractivity contribution in [1.29, 1.82) is 0 Å². The molecule has 2 N–H and O–H groups in total. The van der Waals surface area contributed by atoms with Crippen molar-refractivity contribution in [2.24, 2.45) is 5.73 Å². The number of nitrogens with two attached hydrogens (primary N) is 1. The number of carbonyl (C=O) groups is 1. The lowest BCUT2D eigenvalue weighted by molar-refractivity contribution is -0.134. The minimum atomic E-state index is 0. The van der Waals surface area contributed by atoms with E-state index in [0.29, 0.717) is 6.42 Å². The molecule has 2 fully saturated rings. The number of ether oxygens (including phenoxy) is 1. The number of carbonyl (C=O) groups excluding carboxylic acids is 1. The van der Waals surface area contributed by atoms with Crippen LogP contribution in [0.25, 0.3) is 0 Å². The van der Waals surface area contributed by atoms with Crippen molar-refractivity contribution < 1.29 is 9.53 Å². The number of nitrogens with zero attached hydrogens (tertiary/aromatic N) is 1. The Hall–Kier alpha value is -0.320. The third kappa shape index (κ3) is 3.61. The van der Waals surface area contributed by atoms with Crippen molar-refractivity contribution in [3.63, 3.8) is 0 Å². The summed E-state index contributed by atoms with van der Waals surface area (Å²) in [5.74, 6) is 0.217. The molecule has 0 radical (unpaired) electrons. The number of amides is 1. The quantitative estimate of drug-likeness (QED) is 0.791. The zero-order valence-electron chi connectivity index (χ0n) is 9.56. The van der Waals surface area contributed by atoms with E-state index in [0.717, 1.165) is 39.0 Å². The van der Waals surface area contributed by atoms with Gasteiger partial charge in [0.25, 0.3) is 0 Å². The van der Waals surface area contributed by atoms with E-state index < -0.39 is 0 Å². The van der Waals surface area contributed by atoms with Gasteiger partial charge in [0.15, 0.2) is 0 Å². The second-order valence-corrected chi connectivity index (χ2v) is 4.58. The predicted molar refractivity (Wildman–Crippen MR) is 64.6 cm³/mol. The molecule has 0 aromatic heterocycles. The molecule has 4 nitrogen and oxygen atoms in total. The number of rotatable bonds is 2. The van der Waals surface area contributed by atoms with Crippen LogP contribution in [0.15, 0.2) is 0 Å². The highest BCUT2D eigenvalue weighted by atomic mass is 35.5. The average Bonchev–Trinajstić information content (AvgIpc) is 2.66. The number of halogens is 1. The third-order valence-electron chi connectivity index (χ3n) is 3.25. The number of hydrogen-bond donors (Lipinski definition) is 1. The molecule has 0 aromatic rings. The molecule has 2 rings (SSSR count). The highest BCUT2D eigenvalue weighted by Gasteiger charge is 2.26. The summed E-state index contributed by atoms with van der Waals surface area (Å²) < 4.78 is 5.56. The molecule has 1 amide bonds. The molecule has 16 heavy (non-hydrogen) atoms. The first kappa shape index (κ1) is 13.7. The standard InChI is InChI=1S/C11H20N2O2.ClH/c12-9-4-5-13(8-9)11(14)7-10-3-1-2-6-15-10;/h9-10H,1-8,12H2;1H/t9-,10?;/m1./s1. The van der Waals surface area contributed by atoms with E-state index in [1.807, 2.05) is 4.90 Å². The summed E-state index contributed by atoms with van der Waals surface area (Å²) in [7, 11) is 0. The fourth-order valence-electron chi connectivity index (χ4n) is 2.31. The monoisotopic (exact) mass is 248 g/mol. The van der Waals surface area contributed by atoms with Crippen LogP contribution in [0.5, 0.6) is 0 Å². The molecule has 2 saturated heterocycles. The molecule has 2 aliphatic rings. The summed E-state index contributed by atoms with van der Waals surface area (Å²) in [5.41, 5.74) is 5.77. The Morgan fingerprint density at radius 2 is 2.19 bits per heavy atom. The summed E-state index contributed by atoms with van der Waals surface area (Å²) in [4.78, 5) is 13.7. The van der Waals surface area contributed by atoms with Crippen LogP contribution in [0.3, 0.4) is 0 Å². The van der Waals surface area contributed by atoms with Crippen LogP contribution in [0.4, 0.5) is 0 Å². The zero-order valence-corrected chi connectivity index (χ0v) is 10.4. The molecule has 2 atom stereocenters. The molecular weight excluding hydrogens is 228 g/mol. The number of hydrogen-bond acceptors (Lipinski definition) is 3. The topological polar surface area (TPSA) is 55.6 Å². The molecule has 1 unspecified atom stereocenters. The van der Waals surface area contributed by atoms with E-state index in [-0.39, 0.29) is 30.5 Å². The Morgan fingerprint density at radius 3 is 2.75 bits per heavy atom.